The lowest BCUT2D eigenvalue weighted by Crippen LogP contribution is -2.29. The van der Waals surface area contributed by atoms with Crippen molar-refractivity contribution in [2.75, 3.05) is 11.3 Å². The number of nitrogens with zero attached hydrogens (tertiary/aromatic N) is 1. The summed E-state index contributed by atoms with van der Waals surface area (Å²) in [5, 5.41) is 8.21. The second-order valence-corrected chi connectivity index (χ2v) is 6.81. The normalized spacial score (nSPS) is 16.4. The molecule has 1 aromatic carbocycles. The number of hydrogen-bond donors (Lipinski definition) is 1. The van der Waals surface area contributed by atoms with E-state index in [2.05, 4.69) is 4.72 Å². The van der Waals surface area contributed by atoms with Gasteiger partial charge in [-0.3, -0.25) is 4.72 Å². The third-order valence-electron chi connectivity index (χ3n) is 3.42. The van der Waals surface area contributed by atoms with Crippen molar-refractivity contribution in [1.29, 1.82) is 5.26 Å². The number of rotatable bonds is 5. The zero-order valence-corrected chi connectivity index (χ0v) is 12.0. The molecule has 1 aromatic rings. The largest absolute Gasteiger partial charge is 0.477 e. The number of sulfonamides is 1. The number of ether oxygens (including phenoxy) is 1. The molecular formula is C14H18N2O3S. The van der Waals surface area contributed by atoms with Gasteiger partial charge in [0.05, 0.1) is 10.9 Å². The quantitative estimate of drug-likeness (QED) is 0.905. The SMILES string of the molecule is N#CCOc1ccccc1NS(=O)(=O)C1CCCCC1. The van der Waals surface area contributed by atoms with E-state index in [1.807, 2.05) is 6.07 Å². The van der Waals surface area contributed by atoms with Crippen molar-refractivity contribution in [3.63, 3.8) is 0 Å². The van der Waals surface area contributed by atoms with Gasteiger partial charge in [-0.2, -0.15) is 5.26 Å². The van der Waals surface area contributed by atoms with Crippen LogP contribution in [0.1, 0.15) is 32.1 Å². The first-order chi connectivity index (χ1) is 9.63. The van der Waals surface area contributed by atoms with Gasteiger partial charge < -0.3 is 4.74 Å². The first-order valence-electron chi connectivity index (χ1n) is 6.74. The Bertz CT molecular complexity index is 587. The molecule has 0 unspecified atom stereocenters. The van der Waals surface area contributed by atoms with Crippen molar-refractivity contribution in [3.05, 3.63) is 24.3 Å². The van der Waals surface area contributed by atoms with Crippen LogP contribution in [-0.2, 0) is 10.0 Å². The van der Waals surface area contributed by atoms with Crippen molar-refractivity contribution in [3.8, 4) is 11.8 Å². The van der Waals surface area contributed by atoms with Crippen LogP contribution in [0.4, 0.5) is 5.69 Å². The molecule has 1 saturated carbocycles. The van der Waals surface area contributed by atoms with Gasteiger partial charge in [-0.15, -0.1) is 0 Å². The summed E-state index contributed by atoms with van der Waals surface area (Å²) in [5.74, 6) is 0.383. The summed E-state index contributed by atoms with van der Waals surface area (Å²) in [4.78, 5) is 0. The molecule has 0 bridgehead atoms. The number of benzene rings is 1. The van der Waals surface area contributed by atoms with Crippen LogP contribution in [0.3, 0.4) is 0 Å². The van der Waals surface area contributed by atoms with Crippen molar-refractivity contribution < 1.29 is 13.2 Å². The van der Waals surface area contributed by atoms with Gasteiger partial charge in [-0.25, -0.2) is 8.42 Å². The van der Waals surface area contributed by atoms with Crippen LogP contribution in [-0.4, -0.2) is 20.3 Å². The van der Waals surface area contributed by atoms with Crippen molar-refractivity contribution >= 4 is 15.7 Å². The molecule has 0 aliphatic heterocycles. The molecule has 1 aliphatic rings. The standard InChI is InChI=1S/C14H18N2O3S/c15-10-11-19-14-9-5-4-8-13(14)16-20(17,18)12-6-2-1-3-7-12/h4-5,8-9,12,16H,1-3,6-7,11H2. The monoisotopic (exact) mass is 294 g/mol. The summed E-state index contributed by atoms with van der Waals surface area (Å²) in [7, 11) is -3.40. The molecule has 1 fully saturated rings. The van der Waals surface area contributed by atoms with Crippen LogP contribution in [0.5, 0.6) is 5.75 Å². The van der Waals surface area contributed by atoms with E-state index in [-0.39, 0.29) is 11.9 Å². The number of nitriles is 1. The Morgan fingerprint density at radius 2 is 1.95 bits per heavy atom. The van der Waals surface area contributed by atoms with Crippen LogP contribution in [0, 0.1) is 11.3 Å². The van der Waals surface area contributed by atoms with E-state index in [1.54, 1.807) is 24.3 Å². The highest BCUT2D eigenvalue weighted by atomic mass is 32.2. The molecule has 0 amide bonds. The summed E-state index contributed by atoms with van der Waals surface area (Å²) in [6, 6.07) is 8.64. The van der Waals surface area contributed by atoms with E-state index in [0.717, 1.165) is 19.3 Å². The van der Waals surface area contributed by atoms with Gasteiger partial charge >= 0.3 is 0 Å². The number of para-hydroxylation sites is 2. The predicted octanol–water partition coefficient (Wildman–Crippen LogP) is 2.66. The maximum atomic E-state index is 12.3. The van der Waals surface area contributed by atoms with Crippen molar-refractivity contribution in [2.24, 2.45) is 0 Å². The van der Waals surface area contributed by atoms with Gasteiger partial charge in [0.1, 0.15) is 11.8 Å². The highest BCUT2D eigenvalue weighted by molar-refractivity contribution is 7.93. The number of nitrogens with one attached hydrogen (secondary N) is 1. The van der Waals surface area contributed by atoms with Crippen LogP contribution in [0.25, 0.3) is 0 Å². The number of hydrogen-bond acceptors (Lipinski definition) is 4. The van der Waals surface area contributed by atoms with Crippen LogP contribution >= 0.6 is 0 Å². The fourth-order valence-corrected chi connectivity index (χ4v) is 3.99. The van der Waals surface area contributed by atoms with E-state index in [1.165, 1.54) is 0 Å². The Labute approximate surface area is 119 Å². The third kappa shape index (κ3) is 3.64. The smallest absolute Gasteiger partial charge is 0.235 e. The van der Waals surface area contributed by atoms with Gasteiger partial charge in [-0.1, -0.05) is 31.4 Å². The van der Waals surface area contributed by atoms with E-state index in [9.17, 15) is 8.42 Å². The molecule has 20 heavy (non-hydrogen) atoms. The molecule has 108 valence electrons. The summed E-state index contributed by atoms with van der Waals surface area (Å²) in [5.41, 5.74) is 0.397. The van der Waals surface area contributed by atoms with E-state index in [0.29, 0.717) is 24.3 Å². The minimum absolute atomic E-state index is 0.109. The Morgan fingerprint density at radius 1 is 1.25 bits per heavy atom. The van der Waals surface area contributed by atoms with Crippen LogP contribution in [0.15, 0.2) is 24.3 Å². The molecule has 1 N–H and O–H groups in total. The average Bonchev–Trinajstić information content (AvgIpc) is 2.47. The minimum Gasteiger partial charge on any atom is -0.477 e. The molecule has 0 atom stereocenters. The lowest BCUT2D eigenvalue weighted by Gasteiger charge is -2.23. The fraction of sp³-hybridized carbons (Fsp3) is 0.500. The second kappa shape index (κ2) is 6.62. The maximum absolute atomic E-state index is 12.3. The minimum atomic E-state index is -3.40. The molecule has 2 rings (SSSR count). The molecule has 0 radical (unpaired) electrons. The maximum Gasteiger partial charge on any atom is 0.235 e. The highest BCUT2D eigenvalue weighted by Gasteiger charge is 2.27. The molecule has 0 aromatic heterocycles. The zero-order valence-electron chi connectivity index (χ0n) is 11.2. The molecule has 0 heterocycles. The first-order valence-corrected chi connectivity index (χ1v) is 8.28. The van der Waals surface area contributed by atoms with Gasteiger partial charge in [0.2, 0.25) is 10.0 Å². The van der Waals surface area contributed by atoms with Crippen molar-refractivity contribution in [1.82, 2.24) is 0 Å². The molecule has 1 aliphatic carbocycles. The summed E-state index contributed by atoms with van der Waals surface area (Å²) < 4.78 is 32.5. The second-order valence-electron chi connectivity index (χ2n) is 4.85. The lowest BCUT2D eigenvalue weighted by atomic mass is 10.0. The molecule has 0 spiro atoms. The Morgan fingerprint density at radius 3 is 2.65 bits per heavy atom. The Balaban J connectivity index is 2.14. The summed E-state index contributed by atoms with van der Waals surface area (Å²) in [6.07, 6.45) is 4.43. The lowest BCUT2D eigenvalue weighted by molar-refractivity contribution is 0.370. The van der Waals surface area contributed by atoms with E-state index >= 15 is 0 Å². The predicted molar refractivity (Wildman–Crippen MR) is 77.0 cm³/mol. The topological polar surface area (TPSA) is 79.2 Å². The summed E-state index contributed by atoms with van der Waals surface area (Å²) in [6.45, 7) is -0.109. The van der Waals surface area contributed by atoms with Crippen LogP contribution in [0.2, 0.25) is 0 Å². The molecule has 6 heteroatoms. The molecule has 0 saturated heterocycles. The van der Waals surface area contributed by atoms with Crippen LogP contribution < -0.4 is 9.46 Å². The van der Waals surface area contributed by atoms with Gasteiger partial charge in [0, 0.05) is 0 Å². The number of anilines is 1. The molecule has 5 nitrogen and oxygen atoms in total. The Hall–Kier alpha value is -1.74. The van der Waals surface area contributed by atoms with Crippen molar-refractivity contribution in [2.45, 2.75) is 37.4 Å². The zero-order chi connectivity index (χ0) is 14.4. The summed E-state index contributed by atoms with van der Waals surface area (Å²) >= 11 is 0. The van der Waals surface area contributed by atoms with E-state index < -0.39 is 10.0 Å². The van der Waals surface area contributed by atoms with Gasteiger partial charge in [-0.05, 0) is 25.0 Å². The first kappa shape index (κ1) is 14.7. The van der Waals surface area contributed by atoms with Gasteiger partial charge in [0.15, 0.2) is 6.61 Å². The Kier molecular flexibility index (Phi) is 4.85. The van der Waals surface area contributed by atoms with Gasteiger partial charge in [0.25, 0.3) is 0 Å². The molecular weight excluding hydrogens is 276 g/mol. The van der Waals surface area contributed by atoms with E-state index in [4.69, 9.17) is 10.00 Å². The fourth-order valence-electron chi connectivity index (χ4n) is 2.40. The highest BCUT2D eigenvalue weighted by Crippen LogP contribution is 2.29. The average molecular weight is 294 g/mol. The third-order valence-corrected chi connectivity index (χ3v) is 5.28.